The Labute approximate surface area is 102 Å². The molecule has 86 valence electrons. The molecule has 0 saturated heterocycles. The Morgan fingerprint density at radius 2 is 1.65 bits per heavy atom. The molecule has 0 aliphatic carbocycles. The average molecular weight is 224 g/mol. The molecule has 1 unspecified atom stereocenters. The van der Waals surface area contributed by atoms with E-state index in [4.69, 9.17) is 0 Å². The standard InChI is InChI=1S/C15H16N2/c1-10-4-3-5-12(8-10)13-6-7-14-15(9-13)17-11(2)16-14/h3-9,11,16-17H,1-2H3. The van der Waals surface area contributed by atoms with Gasteiger partial charge in [-0.2, -0.15) is 0 Å². The highest BCUT2D eigenvalue weighted by atomic mass is 15.2. The van der Waals surface area contributed by atoms with E-state index in [-0.39, 0.29) is 0 Å². The monoisotopic (exact) mass is 224 g/mol. The van der Waals surface area contributed by atoms with E-state index in [9.17, 15) is 0 Å². The van der Waals surface area contributed by atoms with Gasteiger partial charge in [0.15, 0.2) is 0 Å². The minimum absolute atomic E-state index is 0.317. The van der Waals surface area contributed by atoms with Gasteiger partial charge in [0.05, 0.1) is 17.5 Å². The van der Waals surface area contributed by atoms with Crippen LogP contribution in [0.15, 0.2) is 42.5 Å². The van der Waals surface area contributed by atoms with Crippen LogP contribution >= 0.6 is 0 Å². The molecule has 0 radical (unpaired) electrons. The third-order valence-electron chi connectivity index (χ3n) is 3.11. The molecule has 1 heterocycles. The zero-order valence-electron chi connectivity index (χ0n) is 10.1. The summed E-state index contributed by atoms with van der Waals surface area (Å²) in [6.45, 7) is 4.24. The quantitative estimate of drug-likeness (QED) is 0.769. The Bertz CT molecular complexity index is 561. The molecule has 2 aromatic carbocycles. The van der Waals surface area contributed by atoms with Gasteiger partial charge in [-0.15, -0.1) is 0 Å². The summed E-state index contributed by atoms with van der Waals surface area (Å²) in [4.78, 5) is 0. The number of anilines is 2. The van der Waals surface area contributed by atoms with Crippen molar-refractivity contribution in [2.45, 2.75) is 20.0 Å². The Morgan fingerprint density at radius 1 is 0.882 bits per heavy atom. The highest BCUT2D eigenvalue weighted by Crippen LogP contribution is 2.33. The van der Waals surface area contributed by atoms with Crippen molar-refractivity contribution in [3.8, 4) is 11.1 Å². The van der Waals surface area contributed by atoms with E-state index < -0.39 is 0 Å². The summed E-state index contributed by atoms with van der Waals surface area (Å²) in [5.74, 6) is 0. The molecule has 1 atom stereocenters. The third-order valence-corrected chi connectivity index (χ3v) is 3.11. The number of hydrogen-bond acceptors (Lipinski definition) is 2. The van der Waals surface area contributed by atoms with Crippen LogP contribution in [0.4, 0.5) is 11.4 Å². The molecule has 17 heavy (non-hydrogen) atoms. The first-order valence-electron chi connectivity index (χ1n) is 5.96. The lowest BCUT2D eigenvalue weighted by atomic mass is 10.0. The van der Waals surface area contributed by atoms with Crippen LogP contribution in [-0.4, -0.2) is 6.17 Å². The number of nitrogens with one attached hydrogen (secondary N) is 2. The van der Waals surface area contributed by atoms with Crippen molar-refractivity contribution in [2.75, 3.05) is 10.6 Å². The molecule has 1 aliphatic rings. The van der Waals surface area contributed by atoms with Crippen molar-refractivity contribution in [2.24, 2.45) is 0 Å². The van der Waals surface area contributed by atoms with Crippen LogP contribution < -0.4 is 10.6 Å². The molecule has 0 bridgehead atoms. The van der Waals surface area contributed by atoms with Gasteiger partial charge < -0.3 is 10.6 Å². The Morgan fingerprint density at radius 3 is 2.47 bits per heavy atom. The molecule has 1 aliphatic heterocycles. The van der Waals surface area contributed by atoms with Crippen LogP contribution in [-0.2, 0) is 0 Å². The molecule has 0 saturated carbocycles. The summed E-state index contributed by atoms with van der Waals surface area (Å²) >= 11 is 0. The fourth-order valence-corrected chi connectivity index (χ4v) is 2.30. The molecule has 0 amide bonds. The molecule has 0 spiro atoms. The van der Waals surface area contributed by atoms with Crippen molar-refractivity contribution >= 4 is 11.4 Å². The minimum atomic E-state index is 0.317. The first-order chi connectivity index (χ1) is 8.22. The first-order valence-corrected chi connectivity index (χ1v) is 5.96. The molecular weight excluding hydrogens is 208 g/mol. The summed E-state index contributed by atoms with van der Waals surface area (Å²) in [5.41, 5.74) is 6.21. The van der Waals surface area contributed by atoms with Gasteiger partial charge in [0.1, 0.15) is 0 Å². The van der Waals surface area contributed by atoms with Gasteiger partial charge in [0, 0.05) is 0 Å². The van der Waals surface area contributed by atoms with Gasteiger partial charge >= 0.3 is 0 Å². The smallest absolute Gasteiger partial charge is 0.0935 e. The molecule has 2 N–H and O–H groups in total. The van der Waals surface area contributed by atoms with Crippen molar-refractivity contribution < 1.29 is 0 Å². The van der Waals surface area contributed by atoms with Gasteiger partial charge in [-0.1, -0.05) is 35.9 Å². The number of rotatable bonds is 1. The largest absolute Gasteiger partial charge is 0.364 e. The van der Waals surface area contributed by atoms with Gasteiger partial charge in [-0.05, 0) is 37.1 Å². The van der Waals surface area contributed by atoms with E-state index in [1.165, 1.54) is 28.1 Å². The highest BCUT2D eigenvalue weighted by molar-refractivity contribution is 5.80. The van der Waals surface area contributed by atoms with Crippen LogP contribution in [0, 0.1) is 6.92 Å². The molecule has 2 heteroatoms. The molecule has 2 aromatic rings. The topological polar surface area (TPSA) is 24.1 Å². The van der Waals surface area contributed by atoms with Crippen LogP contribution in [0.5, 0.6) is 0 Å². The van der Waals surface area contributed by atoms with Gasteiger partial charge in [-0.25, -0.2) is 0 Å². The molecular formula is C15H16N2. The summed E-state index contributed by atoms with van der Waals surface area (Å²) in [6.07, 6.45) is 0.317. The Kier molecular flexibility index (Phi) is 2.29. The fourth-order valence-electron chi connectivity index (χ4n) is 2.30. The molecule has 0 fully saturated rings. The first kappa shape index (κ1) is 10.2. The maximum Gasteiger partial charge on any atom is 0.0935 e. The lowest BCUT2D eigenvalue weighted by Gasteiger charge is -2.05. The summed E-state index contributed by atoms with van der Waals surface area (Å²) in [6, 6.07) is 15.1. The second-order valence-corrected chi connectivity index (χ2v) is 4.64. The molecule has 2 nitrogen and oxygen atoms in total. The van der Waals surface area contributed by atoms with Crippen molar-refractivity contribution in [1.29, 1.82) is 0 Å². The van der Waals surface area contributed by atoms with Gasteiger partial charge in [-0.3, -0.25) is 0 Å². The minimum Gasteiger partial charge on any atom is -0.364 e. The van der Waals surface area contributed by atoms with E-state index in [2.05, 4.69) is 66.9 Å². The zero-order chi connectivity index (χ0) is 11.8. The number of fused-ring (bicyclic) bond motifs is 1. The number of hydrogen-bond donors (Lipinski definition) is 2. The summed E-state index contributed by atoms with van der Waals surface area (Å²) in [7, 11) is 0. The SMILES string of the molecule is Cc1cccc(-c2ccc3c(c2)NC(C)N3)c1. The number of benzene rings is 2. The van der Waals surface area contributed by atoms with Crippen LogP contribution in [0.1, 0.15) is 12.5 Å². The van der Waals surface area contributed by atoms with E-state index in [0.717, 1.165) is 0 Å². The predicted octanol–water partition coefficient (Wildman–Crippen LogP) is 3.85. The lowest BCUT2D eigenvalue weighted by Crippen LogP contribution is -2.16. The van der Waals surface area contributed by atoms with Crippen LogP contribution in [0.3, 0.4) is 0 Å². The van der Waals surface area contributed by atoms with Crippen molar-refractivity contribution in [1.82, 2.24) is 0 Å². The Hall–Kier alpha value is -1.96. The predicted molar refractivity (Wildman–Crippen MR) is 73.3 cm³/mol. The summed E-state index contributed by atoms with van der Waals surface area (Å²) in [5, 5.41) is 6.79. The second-order valence-electron chi connectivity index (χ2n) is 4.64. The van der Waals surface area contributed by atoms with E-state index >= 15 is 0 Å². The van der Waals surface area contributed by atoms with E-state index in [1.54, 1.807) is 0 Å². The fraction of sp³-hybridized carbons (Fsp3) is 0.200. The van der Waals surface area contributed by atoms with Crippen LogP contribution in [0.2, 0.25) is 0 Å². The summed E-state index contributed by atoms with van der Waals surface area (Å²) < 4.78 is 0. The van der Waals surface area contributed by atoms with Gasteiger partial charge in [0.2, 0.25) is 0 Å². The molecule has 0 aromatic heterocycles. The Balaban J connectivity index is 2.03. The lowest BCUT2D eigenvalue weighted by molar-refractivity contribution is 0.956. The normalized spacial score (nSPS) is 17.2. The molecule has 3 rings (SSSR count). The van der Waals surface area contributed by atoms with Gasteiger partial charge in [0.25, 0.3) is 0 Å². The van der Waals surface area contributed by atoms with Crippen molar-refractivity contribution in [3.63, 3.8) is 0 Å². The second kappa shape index (κ2) is 3.81. The van der Waals surface area contributed by atoms with E-state index in [1.807, 2.05) is 0 Å². The van der Waals surface area contributed by atoms with E-state index in [0.29, 0.717) is 6.17 Å². The maximum atomic E-state index is 3.41. The average Bonchev–Trinajstić information content (AvgIpc) is 2.68. The van der Waals surface area contributed by atoms with Crippen molar-refractivity contribution in [3.05, 3.63) is 48.0 Å². The zero-order valence-corrected chi connectivity index (χ0v) is 10.1. The van der Waals surface area contributed by atoms with Crippen LogP contribution in [0.25, 0.3) is 11.1 Å². The maximum absolute atomic E-state index is 3.41. The third kappa shape index (κ3) is 1.86. The number of aryl methyl sites for hydroxylation is 1. The highest BCUT2D eigenvalue weighted by Gasteiger charge is 2.15.